The van der Waals surface area contributed by atoms with Crippen LogP contribution >= 0.6 is 0 Å². The molecule has 0 bridgehead atoms. The van der Waals surface area contributed by atoms with Gasteiger partial charge < -0.3 is 10.2 Å². The summed E-state index contributed by atoms with van der Waals surface area (Å²) in [6.45, 7) is 5.14. The van der Waals surface area contributed by atoms with Crippen molar-refractivity contribution in [3.8, 4) is 0 Å². The Hall–Kier alpha value is -0.660. The summed E-state index contributed by atoms with van der Waals surface area (Å²) < 4.78 is 24.9. The molecule has 6 nitrogen and oxygen atoms in total. The average Bonchev–Trinajstić information content (AvgIpc) is 2.76. The lowest BCUT2D eigenvalue weighted by Crippen LogP contribution is -2.49. The number of nitrogens with zero attached hydrogens (tertiary/aromatic N) is 2. The predicted octanol–water partition coefficient (Wildman–Crippen LogP) is 0.0125. The standard InChI is InChI=1S/C13H25N3O3S/c1-2-8-16(12-4-6-14-7-5-12)13(17)11-15-9-3-10-20(15,18)19/h12,14H,2-11H2,1H3. The van der Waals surface area contributed by atoms with Crippen LogP contribution in [0.2, 0.25) is 0 Å². The van der Waals surface area contributed by atoms with Crippen molar-refractivity contribution in [2.24, 2.45) is 0 Å². The first-order valence-corrected chi connectivity index (χ1v) is 9.13. The highest BCUT2D eigenvalue weighted by atomic mass is 32.2. The number of carbonyl (C=O) groups is 1. The molecule has 2 fully saturated rings. The molecule has 2 aliphatic heterocycles. The Bertz CT molecular complexity index is 432. The van der Waals surface area contributed by atoms with E-state index in [-0.39, 0.29) is 24.2 Å². The van der Waals surface area contributed by atoms with Gasteiger partial charge in [-0.25, -0.2) is 8.42 Å². The molecular weight excluding hydrogens is 278 g/mol. The van der Waals surface area contributed by atoms with Crippen LogP contribution in [-0.2, 0) is 14.8 Å². The smallest absolute Gasteiger partial charge is 0.238 e. The fraction of sp³-hybridized carbons (Fsp3) is 0.923. The van der Waals surface area contributed by atoms with E-state index < -0.39 is 10.0 Å². The number of rotatable bonds is 5. The summed E-state index contributed by atoms with van der Waals surface area (Å²) in [6.07, 6.45) is 3.45. The van der Waals surface area contributed by atoms with Gasteiger partial charge >= 0.3 is 0 Å². The highest BCUT2D eigenvalue weighted by Gasteiger charge is 2.33. The summed E-state index contributed by atoms with van der Waals surface area (Å²) in [5.41, 5.74) is 0. The maximum absolute atomic E-state index is 12.5. The lowest BCUT2D eigenvalue weighted by Gasteiger charge is -2.35. The monoisotopic (exact) mass is 303 g/mol. The second kappa shape index (κ2) is 6.87. The van der Waals surface area contributed by atoms with E-state index in [0.717, 1.165) is 38.9 Å². The van der Waals surface area contributed by atoms with Crippen LogP contribution < -0.4 is 5.32 Å². The van der Waals surface area contributed by atoms with Gasteiger partial charge in [0.25, 0.3) is 0 Å². The molecule has 0 aromatic carbocycles. The molecule has 0 aromatic heterocycles. The highest BCUT2D eigenvalue weighted by molar-refractivity contribution is 7.89. The number of nitrogens with one attached hydrogen (secondary N) is 1. The second-order valence-electron chi connectivity index (χ2n) is 5.57. The molecule has 2 saturated heterocycles. The van der Waals surface area contributed by atoms with Gasteiger partial charge in [-0.05, 0) is 38.8 Å². The predicted molar refractivity (Wildman–Crippen MR) is 77.9 cm³/mol. The summed E-state index contributed by atoms with van der Waals surface area (Å²) in [5.74, 6) is 0.144. The quantitative estimate of drug-likeness (QED) is 0.777. The minimum atomic E-state index is -3.19. The minimum absolute atomic E-state index is 0.0201. The van der Waals surface area contributed by atoms with E-state index in [1.165, 1.54) is 4.31 Å². The van der Waals surface area contributed by atoms with Crippen LogP contribution in [-0.4, -0.2) is 68.0 Å². The Morgan fingerprint density at radius 3 is 2.60 bits per heavy atom. The fourth-order valence-corrected chi connectivity index (χ4v) is 4.45. The number of sulfonamides is 1. The Balaban J connectivity index is 1.99. The van der Waals surface area contributed by atoms with Gasteiger partial charge in [0.2, 0.25) is 15.9 Å². The molecule has 7 heteroatoms. The van der Waals surface area contributed by atoms with Crippen molar-refractivity contribution in [2.45, 2.75) is 38.6 Å². The molecule has 2 aliphatic rings. The number of carbonyl (C=O) groups excluding carboxylic acids is 1. The fourth-order valence-electron chi connectivity index (χ4n) is 2.98. The Kier molecular flexibility index (Phi) is 5.40. The highest BCUT2D eigenvalue weighted by Crippen LogP contribution is 2.17. The Morgan fingerprint density at radius 2 is 2.05 bits per heavy atom. The van der Waals surface area contributed by atoms with Crippen molar-refractivity contribution in [1.82, 2.24) is 14.5 Å². The summed E-state index contributed by atoms with van der Waals surface area (Å²) in [6, 6.07) is 0.258. The van der Waals surface area contributed by atoms with Crippen molar-refractivity contribution >= 4 is 15.9 Å². The van der Waals surface area contributed by atoms with E-state index in [4.69, 9.17) is 0 Å². The first-order chi connectivity index (χ1) is 9.54. The summed E-state index contributed by atoms with van der Waals surface area (Å²) >= 11 is 0. The van der Waals surface area contributed by atoms with Gasteiger partial charge in [-0.15, -0.1) is 0 Å². The molecular formula is C13H25N3O3S. The van der Waals surface area contributed by atoms with Crippen molar-refractivity contribution in [3.63, 3.8) is 0 Å². The van der Waals surface area contributed by atoms with Gasteiger partial charge in [-0.3, -0.25) is 4.79 Å². The topological polar surface area (TPSA) is 69.7 Å². The zero-order chi connectivity index (χ0) is 14.6. The van der Waals surface area contributed by atoms with E-state index in [1.807, 2.05) is 11.8 Å². The number of piperidine rings is 1. The van der Waals surface area contributed by atoms with Crippen molar-refractivity contribution in [1.29, 1.82) is 0 Å². The molecule has 0 aromatic rings. The van der Waals surface area contributed by atoms with Crippen LogP contribution in [0, 0.1) is 0 Å². The van der Waals surface area contributed by atoms with Gasteiger partial charge in [-0.2, -0.15) is 4.31 Å². The third kappa shape index (κ3) is 3.71. The third-order valence-electron chi connectivity index (χ3n) is 4.05. The lowest BCUT2D eigenvalue weighted by molar-refractivity contribution is -0.134. The zero-order valence-electron chi connectivity index (χ0n) is 12.2. The Morgan fingerprint density at radius 1 is 1.35 bits per heavy atom. The minimum Gasteiger partial charge on any atom is -0.338 e. The van der Waals surface area contributed by atoms with Gasteiger partial charge in [0.05, 0.1) is 12.3 Å². The number of hydrogen-bond donors (Lipinski definition) is 1. The molecule has 20 heavy (non-hydrogen) atoms. The van der Waals surface area contributed by atoms with Gasteiger partial charge in [0.1, 0.15) is 0 Å². The molecule has 116 valence electrons. The van der Waals surface area contributed by atoms with Crippen LogP contribution in [0.25, 0.3) is 0 Å². The molecule has 0 saturated carbocycles. The molecule has 0 spiro atoms. The lowest BCUT2D eigenvalue weighted by atomic mass is 10.0. The SMILES string of the molecule is CCCN(C(=O)CN1CCCS1(=O)=O)C1CCNCC1. The molecule has 0 unspecified atom stereocenters. The second-order valence-corrected chi connectivity index (χ2v) is 7.66. The summed E-state index contributed by atoms with van der Waals surface area (Å²) in [5, 5.41) is 3.29. The largest absolute Gasteiger partial charge is 0.338 e. The third-order valence-corrected chi connectivity index (χ3v) is 5.95. The molecule has 0 aliphatic carbocycles. The number of hydrogen-bond acceptors (Lipinski definition) is 4. The molecule has 0 radical (unpaired) electrons. The molecule has 1 N–H and O–H groups in total. The van der Waals surface area contributed by atoms with E-state index >= 15 is 0 Å². The first kappa shape index (κ1) is 15.7. The van der Waals surface area contributed by atoms with E-state index in [9.17, 15) is 13.2 Å². The van der Waals surface area contributed by atoms with Gasteiger partial charge in [0, 0.05) is 19.1 Å². The van der Waals surface area contributed by atoms with Crippen molar-refractivity contribution < 1.29 is 13.2 Å². The summed E-state index contributed by atoms with van der Waals surface area (Å²) in [7, 11) is -3.19. The van der Waals surface area contributed by atoms with Crippen molar-refractivity contribution in [3.05, 3.63) is 0 Å². The van der Waals surface area contributed by atoms with E-state index in [2.05, 4.69) is 5.32 Å². The molecule has 1 amide bonds. The summed E-state index contributed by atoms with van der Waals surface area (Å²) in [4.78, 5) is 14.4. The normalized spacial score (nSPS) is 23.9. The Labute approximate surface area is 121 Å². The maximum Gasteiger partial charge on any atom is 0.238 e. The van der Waals surface area contributed by atoms with Crippen molar-refractivity contribution in [2.75, 3.05) is 38.5 Å². The van der Waals surface area contributed by atoms with Crippen LogP contribution in [0.15, 0.2) is 0 Å². The maximum atomic E-state index is 12.5. The van der Waals surface area contributed by atoms with E-state index in [0.29, 0.717) is 13.0 Å². The average molecular weight is 303 g/mol. The van der Waals surface area contributed by atoms with Crippen LogP contribution in [0.4, 0.5) is 0 Å². The first-order valence-electron chi connectivity index (χ1n) is 7.52. The number of amides is 1. The van der Waals surface area contributed by atoms with Gasteiger partial charge in [-0.1, -0.05) is 6.92 Å². The van der Waals surface area contributed by atoms with Crippen LogP contribution in [0.5, 0.6) is 0 Å². The van der Waals surface area contributed by atoms with Crippen LogP contribution in [0.1, 0.15) is 32.6 Å². The van der Waals surface area contributed by atoms with E-state index in [1.54, 1.807) is 0 Å². The van der Waals surface area contributed by atoms with Gasteiger partial charge in [0.15, 0.2) is 0 Å². The molecule has 2 heterocycles. The van der Waals surface area contributed by atoms with Crippen LogP contribution in [0.3, 0.4) is 0 Å². The zero-order valence-corrected chi connectivity index (χ0v) is 13.0. The molecule has 2 rings (SSSR count). The molecule has 0 atom stereocenters.